The Morgan fingerprint density at radius 1 is 1.29 bits per heavy atom. The summed E-state index contributed by atoms with van der Waals surface area (Å²) < 4.78 is 11.1. The van der Waals surface area contributed by atoms with Crippen LogP contribution in [-0.4, -0.2) is 53.3 Å². The summed E-state index contributed by atoms with van der Waals surface area (Å²) in [5, 5.41) is 7.83. The highest BCUT2D eigenvalue weighted by Crippen LogP contribution is 2.38. The van der Waals surface area contributed by atoms with Gasteiger partial charge in [-0.15, -0.1) is 0 Å². The Kier molecular flexibility index (Phi) is 5.66. The number of nitrogens with zero attached hydrogens (tertiary/aromatic N) is 3. The Bertz CT molecular complexity index is 825. The van der Waals surface area contributed by atoms with Crippen molar-refractivity contribution in [2.24, 2.45) is 11.8 Å². The Balaban J connectivity index is 1.38. The number of hydrogen-bond donors (Lipinski definition) is 1. The second kappa shape index (κ2) is 8.19. The van der Waals surface area contributed by atoms with Gasteiger partial charge in [-0.2, -0.15) is 4.98 Å². The monoisotopic (exact) mass is 404 g/mol. The molecule has 1 aliphatic heterocycles. The summed E-state index contributed by atoms with van der Waals surface area (Å²) in [6.07, 6.45) is 1.98. The number of likely N-dealkylation sites (tertiary alicyclic amines) is 1. The predicted octanol–water partition coefficient (Wildman–Crippen LogP) is 2.75. The Labute approximate surface area is 169 Å². The molecule has 150 valence electrons. The van der Waals surface area contributed by atoms with E-state index in [-0.39, 0.29) is 18.1 Å². The van der Waals surface area contributed by atoms with Crippen LogP contribution in [0.4, 0.5) is 0 Å². The lowest BCUT2D eigenvalue weighted by atomic mass is 9.77. The summed E-state index contributed by atoms with van der Waals surface area (Å²) in [6.45, 7) is 4.15. The normalized spacial score (nSPS) is 27.5. The minimum absolute atomic E-state index is 0.000872. The van der Waals surface area contributed by atoms with Crippen LogP contribution in [0.15, 0.2) is 28.8 Å². The summed E-state index contributed by atoms with van der Waals surface area (Å²) in [7, 11) is 1.73. The molecule has 0 radical (unpaired) electrons. The molecule has 1 aliphatic carbocycles. The number of aromatic nitrogens is 2. The van der Waals surface area contributed by atoms with Crippen molar-refractivity contribution in [3.05, 3.63) is 35.2 Å². The van der Waals surface area contributed by atoms with Crippen molar-refractivity contribution in [3.8, 4) is 11.4 Å². The summed E-state index contributed by atoms with van der Waals surface area (Å²) in [5.41, 5.74) is 0.885. The van der Waals surface area contributed by atoms with Crippen molar-refractivity contribution in [1.82, 2.24) is 20.4 Å². The quantitative estimate of drug-likeness (QED) is 0.825. The molecule has 4 rings (SSSR count). The van der Waals surface area contributed by atoms with Crippen molar-refractivity contribution < 1.29 is 14.1 Å². The minimum Gasteiger partial charge on any atom is -0.379 e. The zero-order valence-corrected chi connectivity index (χ0v) is 16.9. The van der Waals surface area contributed by atoms with Crippen LogP contribution in [0.1, 0.15) is 25.7 Å². The Morgan fingerprint density at radius 2 is 2.00 bits per heavy atom. The van der Waals surface area contributed by atoms with Gasteiger partial charge in [-0.05, 0) is 48.9 Å². The van der Waals surface area contributed by atoms with E-state index >= 15 is 0 Å². The molecule has 8 heteroatoms. The third-order valence-electron chi connectivity index (χ3n) is 5.81. The van der Waals surface area contributed by atoms with Gasteiger partial charge in [0.05, 0.1) is 18.7 Å². The molecule has 4 atom stereocenters. The van der Waals surface area contributed by atoms with Crippen molar-refractivity contribution in [1.29, 1.82) is 0 Å². The molecule has 0 unspecified atom stereocenters. The van der Waals surface area contributed by atoms with Gasteiger partial charge in [-0.3, -0.25) is 9.69 Å². The lowest BCUT2D eigenvalue weighted by molar-refractivity contribution is -0.121. The number of benzene rings is 1. The van der Waals surface area contributed by atoms with Crippen molar-refractivity contribution in [3.63, 3.8) is 0 Å². The number of fused-ring (bicyclic) bond motifs is 1. The number of methoxy groups -OCH3 is 1. The third-order valence-corrected chi connectivity index (χ3v) is 6.07. The summed E-state index contributed by atoms with van der Waals surface area (Å²) in [5.74, 6) is 2.30. The molecule has 1 saturated carbocycles. The van der Waals surface area contributed by atoms with Crippen molar-refractivity contribution >= 4 is 17.5 Å². The van der Waals surface area contributed by atoms with Crippen LogP contribution in [0.2, 0.25) is 5.02 Å². The Morgan fingerprint density at radius 3 is 2.68 bits per heavy atom. The molecule has 28 heavy (non-hydrogen) atoms. The molecule has 1 aromatic heterocycles. The van der Waals surface area contributed by atoms with E-state index in [0.29, 0.717) is 35.1 Å². The fourth-order valence-electron chi connectivity index (χ4n) is 4.54. The summed E-state index contributed by atoms with van der Waals surface area (Å²) >= 11 is 5.93. The minimum atomic E-state index is 0.000872. The van der Waals surface area contributed by atoms with Crippen LogP contribution in [0.25, 0.3) is 11.4 Å². The first-order valence-electron chi connectivity index (χ1n) is 9.62. The first kappa shape index (κ1) is 19.4. The molecule has 1 saturated heterocycles. The summed E-state index contributed by atoms with van der Waals surface area (Å²) in [4.78, 5) is 18.4. The van der Waals surface area contributed by atoms with Crippen LogP contribution in [0, 0.1) is 11.8 Å². The van der Waals surface area contributed by atoms with E-state index in [0.717, 1.165) is 31.5 Å². The van der Waals surface area contributed by atoms with E-state index in [4.69, 9.17) is 20.9 Å². The second-order valence-corrected chi connectivity index (χ2v) is 8.22. The number of nitrogens with one attached hydrogen (secondary N) is 1. The highest BCUT2D eigenvalue weighted by molar-refractivity contribution is 6.30. The van der Waals surface area contributed by atoms with Crippen LogP contribution in [0.3, 0.4) is 0 Å². The van der Waals surface area contributed by atoms with Crippen LogP contribution < -0.4 is 5.32 Å². The molecule has 1 N–H and O–H groups in total. The van der Waals surface area contributed by atoms with Gasteiger partial charge in [0.1, 0.15) is 0 Å². The van der Waals surface area contributed by atoms with Gasteiger partial charge in [-0.25, -0.2) is 0 Å². The van der Waals surface area contributed by atoms with E-state index in [1.165, 1.54) is 0 Å². The zero-order chi connectivity index (χ0) is 19.7. The van der Waals surface area contributed by atoms with Gasteiger partial charge >= 0.3 is 0 Å². The van der Waals surface area contributed by atoms with Gasteiger partial charge in [0.2, 0.25) is 17.6 Å². The van der Waals surface area contributed by atoms with Crippen LogP contribution in [-0.2, 0) is 16.1 Å². The maximum Gasteiger partial charge on any atom is 0.241 e. The molecule has 7 nitrogen and oxygen atoms in total. The molecule has 0 spiro atoms. The second-order valence-electron chi connectivity index (χ2n) is 7.79. The number of halogens is 1. The maximum absolute atomic E-state index is 11.5. The number of ether oxygens (including phenoxy) is 1. The number of rotatable bonds is 5. The third kappa shape index (κ3) is 4.21. The molecule has 2 aliphatic rings. The van der Waals surface area contributed by atoms with Gasteiger partial charge < -0.3 is 14.6 Å². The molecule has 1 aromatic carbocycles. The van der Waals surface area contributed by atoms with Gasteiger partial charge in [-0.1, -0.05) is 16.8 Å². The topological polar surface area (TPSA) is 80.5 Å². The fourth-order valence-corrected chi connectivity index (χ4v) is 4.67. The zero-order valence-electron chi connectivity index (χ0n) is 16.1. The number of carbonyl (C=O) groups excluding carboxylic acids is 1. The standard InChI is InChI=1S/C20H25ClN4O3/c1-12(26)22-17-7-14-9-25(10-15(14)8-18(17)27-2)11-19-23-20(24-28-19)13-3-5-16(21)6-4-13/h3-6,14-15,17-18H,7-11H2,1-2H3,(H,22,26)/t14-,15+,17-,18-/m1/s1. The molecule has 2 heterocycles. The first-order valence-corrected chi connectivity index (χ1v) is 10.0. The van der Waals surface area contributed by atoms with Crippen LogP contribution >= 0.6 is 11.6 Å². The van der Waals surface area contributed by atoms with Gasteiger partial charge in [0.25, 0.3) is 0 Å². The van der Waals surface area contributed by atoms with E-state index < -0.39 is 0 Å². The lowest BCUT2D eigenvalue weighted by Gasteiger charge is -2.37. The maximum atomic E-state index is 11.5. The van der Waals surface area contributed by atoms with Crippen molar-refractivity contribution in [2.45, 2.75) is 38.5 Å². The molecule has 2 fully saturated rings. The van der Waals surface area contributed by atoms with E-state index in [2.05, 4.69) is 20.4 Å². The lowest BCUT2D eigenvalue weighted by Crippen LogP contribution is -2.49. The van der Waals surface area contributed by atoms with E-state index in [9.17, 15) is 4.79 Å². The van der Waals surface area contributed by atoms with Crippen molar-refractivity contribution in [2.75, 3.05) is 20.2 Å². The highest BCUT2D eigenvalue weighted by Gasteiger charge is 2.42. The number of carbonyl (C=O) groups is 1. The molecule has 0 bridgehead atoms. The highest BCUT2D eigenvalue weighted by atomic mass is 35.5. The fraction of sp³-hybridized carbons (Fsp3) is 0.550. The number of hydrogen-bond acceptors (Lipinski definition) is 6. The van der Waals surface area contributed by atoms with E-state index in [1.807, 2.05) is 24.3 Å². The molecular formula is C20H25ClN4O3. The smallest absolute Gasteiger partial charge is 0.241 e. The largest absolute Gasteiger partial charge is 0.379 e. The molecular weight excluding hydrogens is 380 g/mol. The SMILES string of the molecule is CO[C@@H]1C[C@H]2CN(Cc3nc(-c4ccc(Cl)cc4)no3)C[C@H]2C[C@H]1NC(C)=O. The van der Waals surface area contributed by atoms with Gasteiger partial charge in [0, 0.05) is 37.7 Å². The summed E-state index contributed by atoms with van der Waals surface area (Å²) in [6, 6.07) is 7.48. The van der Waals surface area contributed by atoms with Gasteiger partial charge in [0.15, 0.2) is 0 Å². The molecule has 2 aromatic rings. The van der Waals surface area contributed by atoms with E-state index in [1.54, 1.807) is 14.0 Å². The number of amides is 1. The Hall–Kier alpha value is -1.96. The first-order chi connectivity index (χ1) is 13.5. The average Bonchev–Trinajstić information content (AvgIpc) is 3.27. The average molecular weight is 405 g/mol. The van der Waals surface area contributed by atoms with Crippen LogP contribution in [0.5, 0.6) is 0 Å². The predicted molar refractivity (Wildman–Crippen MR) is 105 cm³/mol. The molecule has 1 amide bonds.